The Hall–Kier alpha value is -0.360. The third-order valence-electron chi connectivity index (χ3n) is 2.61. The van der Waals surface area contributed by atoms with Crippen molar-refractivity contribution in [1.29, 1.82) is 0 Å². The molecule has 1 saturated heterocycles. The van der Waals surface area contributed by atoms with Crippen LogP contribution >= 0.6 is 0 Å². The monoisotopic (exact) mass is 270 g/mol. The van der Waals surface area contributed by atoms with Crippen molar-refractivity contribution in [3.05, 3.63) is 0 Å². The van der Waals surface area contributed by atoms with Gasteiger partial charge in [-0.05, 0) is 0 Å². The van der Waals surface area contributed by atoms with Crippen LogP contribution in [0.4, 0.5) is 0 Å². The standard InChI is InChI=1S/C9H18O9/c10-1-4(12)3-16-9-7(14)8(18-15)6(13)5(2-11)17-9/h4-15H,1-3H2. The predicted octanol–water partition coefficient (Wildman–Crippen LogP) is -3.35. The maximum atomic E-state index is 9.68. The molecule has 1 aliphatic heterocycles. The van der Waals surface area contributed by atoms with Gasteiger partial charge in [0.1, 0.15) is 24.4 Å². The van der Waals surface area contributed by atoms with Gasteiger partial charge in [-0.15, -0.1) is 0 Å². The quantitative estimate of drug-likeness (QED) is 0.215. The molecular weight excluding hydrogens is 252 g/mol. The first-order valence-corrected chi connectivity index (χ1v) is 5.38. The molecule has 9 heteroatoms. The van der Waals surface area contributed by atoms with Gasteiger partial charge in [0.05, 0.1) is 19.8 Å². The molecule has 0 aromatic rings. The van der Waals surface area contributed by atoms with E-state index in [0.717, 1.165) is 0 Å². The van der Waals surface area contributed by atoms with Crippen molar-refractivity contribution in [2.24, 2.45) is 0 Å². The third-order valence-corrected chi connectivity index (χ3v) is 2.61. The van der Waals surface area contributed by atoms with Crippen LogP contribution in [0.15, 0.2) is 0 Å². The maximum absolute atomic E-state index is 9.68. The molecular formula is C9H18O9. The van der Waals surface area contributed by atoms with Crippen molar-refractivity contribution in [1.82, 2.24) is 0 Å². The second-order valence-electron chi connectivity index (χ2n) is 3.95. The minimum Gasteiger partial charge on any atom is -0.394 e. The molecule has 108 valence electrons. The molecule has 0 radical (unpaired) electrons. The van der Waals surface area contributed by atoms with E-state index in [0.29, 0.717) is 0 Å². The lowest BCUT2D eigenvalue weighted by molar-refractivity contribution is -0.378. The highest BCUT2D eigenvalue weighted by Crippen LogP contribution is 2.23. The molecule has 0 bridgehead atoms. The number of aliphatic hydroxyl groups is 5. The number of hydrogen-bond acceptors (Lipinski definition) is 9. The molecule has 6 unspecified atom stereocenters. The first-order valence-electron chi connectivity index (χ1n) is 5.38. The molecule has 0 amide bonds. The SMILES string of the molecule is OCC(O)COC1OC(CO)C(O)C(OO)C1O. The Balaban J connectivity index is 2.61. The minimum absolute atomic E-state index is 0.329. The molecule has 0 aromatic carbocycles. The Morgan fingerprint density at radius 1 is 1.17 bits per heavy atom. The summed E-state index contributed by atoms with van der Waals surface area (Å²) in [6.07, 6.45) is -7.94. The van der Waals surface area contributed by atoms with Gasteiger partial charge in [-0.1, -0.05) is 0 Å². The molecule has 0 spiro atoms. The molecule has 9 nitrogen and oxygen atoms in total. The number of aliphatic hydroxyl groups excluding tert-OH is 5. The zero-order valence-electron chi connectivity index (χ0n) is 9.49. The van der Waals surface area contributed by atoms with Gasteiger partial charge in [-0.3, -0.25) is 5.26 Å². The number of rotatable bonds is 6. The van der Waals surface area contributed by atoms with E-state index in [2.05, 4.69) is 4.89 Å². The molecule has 1 rings (SSSR count). The molecule has 0 saturated carbocycles. The highest BCUT2D eigenvalue weighted by molar-refractivity contribution is 4.89. The van der Waals surface area contributed by atoms with Crippen LogP contribution in [-0.2, 0) is 14.4 Å². The van der Waals surface area contributed by atoms with Gasteiger partial charge >= 0.3 is 0 Å². The fourth-order valence-electron chi connectivity index (χ4n) is 1.57. The summed E-state index contributed by atoms with van der Waals surface area (Å²) in [6.45, 7) is -1.43. The van der Waals surface area contributed by atoms with Crippen LogP contribution < -0.4 is 0 Å². The normalized spacial score (nSPS) is 38.7. The highest BCUT2D eigenvalue weighted by Gasteiger charge is 2.46. The fourth-order valence-corrected chi connectivity index (χ4v) is 1.57. The van der Waals surface area contributed by atoms with E-state index in [9.17, 15) is 10.2 Å². The van der Waals surface area contributed by atoms with E-state index in [4.69, 9.17) is 30.1 Å². The second-order valence-corrected chi connectivity index (χ2v) is 3.95. The van der Waals surface area contributed by atoms with Crippen molar-refractivity contribution >= 4 is 0 Å². The van der Waals surface area contributed by atoms with Crippen molar-refractivity contribution in [3.8, 4) is 0 Å². The van der Waals surface area contributed by atoms with E-state index in [1.165, 1.54) is 0 Å². The van der Waals surface area contributed by atoms with Crippen LogP contribution in [0.25, 0.3) is 0 Å². The summed E-state index contributed by atoms with van der Waals surface area (Å²) in [5.41, 5.74) is 0. The zero-order valence-corrected chi connectivity index (χ0v) is 9.49. The van der Waals surface area contributed by atoms with Crippen molar-refractivity contribution in [3.63, 3.8) is 0 Å². The third kappa shape index (κ3) is 3.57. The molecule has 0 aromatic heterocycles. The van der Waals surface area contributed by atoms with Gasteiger partial charge in [-0.2, -0.15) is 0 Å². The Morgan fingerprint density at radius 2 is 1.83 bits per heavy atom. The smallest absolute Gasteiger partial charge is 0.186 e. The summed E-state index contributed by atoms with van der Waals surface area (Å²) < 4.78 is 10.00. The topological polar surface area (TPSA) is 149 Å². The van der Waals surface area contributed by atoms with Gasteiger partial charge in [0.25, 0.3) is 0 Å². The Labute approximate surface area is 103 Å². The fraction of sp³-hybridized carbons (Fsp3) is 1.00. The van der Waals surface area contributed by atoms with Crippen LogP contribution in [0, 0.1) is 0 Å². The van der Waals surface area contributed by atoms with Crippen molar-refractivity contribution in [2.45, 2.75) is 36.8 Å². The Bertz CT molecular complexity index is 238. The summed E-state index contributed by atoms with van der Waals surface area (Å²) >= 11 is 0. The average Bonchev–Trinajstić information content (AvgIpc) is 2.38. The van der Waals surface area contributed by atoms with Crippen LogP contribution in [0.1, 0.15) is 0 Å². The van der Waals surface area contributed by atoms with E-state index in [-0.39, 0.29) is 6.61 Å². The largest absolute Gasteiger partial charge is 0.394 e. The Morgan fingerprint density at radius 3 is 2.33 bits per heavy atom. The second kappa shape index (κ2) is 7.28. The van der Waals surface area contributed by atoms with Gasteiger partial charge < -0.3 is 35.0 Å². The molecule has 1 heterocycles. The van der Waals surface area contributed by atoms with E-state index in [1.807, 2.05) is 0 Å². The summed E-state index contributed by atoms with van der Waals surface area (Å²) in [7, 11) is 0. The zero-order chi connectivity index (χ0) is 13.7. The first-order chi connectivity index (χ1) is 8.54. The van der Waals surface area contributed by atoms with E-state index < -0.39 is 50.0 Å². The first kappa shape index (κ1) is 15.7. The van der Waals surface area contributed by atoms with Crippen LogP contribution in [0.5, 0.6) is 0 Å². The van der Waals surface area contributed by atoms with Gasteiger partial charge in [0.15, 0.2) is 12.4 Å². The lowest BCUT2D eigenvalue weighted by atomic mass is 9.99. The summed E-state index contributed by atoms with van der Waals surface area (Å²) in [4.78, 5) is 3.93. The van der Waals surface area contributed by atoms with Crippen LogP contribution in [0.3, 0.4) is 0 Å². The summed E-state index contributed by atoms with van der Waals surface area (Å²) in [5.74, 6) is 0. The molecule has 6 N–H and O–H groups in total. The number of hydrogen-bond donors (Lipinski definition) is 6. The lowest BCUT2D eigenvalue weighted by Gasteiger charge is -2.40. The Kier molecular flexibility index (Phi) is 6.35. The molecule has 1 fully saturated rings. The van der Waals surface area contributed by atoms with Crippen LogP contribution in [0.2, 0.25) is 0 Å². The summed E-state index contributed by atoms with van der Waals surface area (Å²) in [6, 6.07) is 0. The predicted molar refractivity (Wildman–Crippen MR) is 54.3 cm³/mol. The summed E-state index contributed by atoms with van der Waals surface area (Å²) in [5, 5.41) is 54.5. The van der Waals surface area contributed by atoms with Gasteiger partial charge in [0, 0.05) is 0 Å². The molecule has 6 atom stereocenters. The molecule has 1 aliphatic rings. The number of ether oxygens (including phenoxy) is 2. The molecule has 18 heavy (non-hydrogen) atoms. The van der Waals surface area contributed by atoms with Gasteiger partial charge in [-0.25, -0.2) is 4.89 Å². The van der Waals surface area contributed by atoms with E-state index >= 15 is 0 Å². The van der Waals surface area contributed by atoms with E-state index in [1.54, 1.807) is 0 Å². The molecule has 0 aliphatic carbocycles. The lowest BCUT2D eigenvalue weighted by Crippen LogP contribution is -2.60. The highest BCUT2D eigenvalue weighted by atomic mass is 17.1. The van der Waals surface area contributed by atoms with Gasteiger partial charge in [0.2, 0.25) is 0 Å². The van der Waals surface area contributed by atoms with Crippen molar-refractivity contribution < 1.29 is 45.2 Å². The minimum atomic E-state index is -1.52. The maximum Gasteiger partial charge on any atom is 0.186 e. The average molecular weight is 270 g/mol. The van der Waals surface area contributed by atoms with Crippen molar-refractivity contribution in [2.75, 3.05) is 19.8 Å². The van der Waals surface area contributed by atoms with Crippen LogP contribution in [-0.4, -0.2) is 87.4 Å².